The molecule has 0 unspecified atom stereocenters. The first-order chi connectivity index (χ1) is 18.1. The second kappa shape index (κ2) is 12.0. The molecule has 7 heteroatoms. The molecule has 0 saturated heterocycles. The number of ether oxygens (including phenoxy) is 2. The summed E-state index contributed by atoms with van der Waals surface area (Å²) in [4.78, 5) is 30.1. The van der Waals surface area contributed by atoms with Gasteiger partial charge in [0.15, 0.2) is 0 Å². The van der Waals surface area contributed by atoms with Crippen molar-refractivity contribution in [3.05, 3.63) is 70.1 Å². The summed E-state index contributed by atoms with van der Waals surface area (Å²) in [5.41, 5.74) is 5.37. The van der Waals surface area contributed by atoms with Crippen molar-refractivity contribution in [3.8, 4) is 5.75 Å². The van der Waals surface area contributed by atoms with Crippen molar-refractivity contribution in [2.75, 3.05) is 0 Å². The first kappa shape index (κ1) is 27.7. The molecule has 0 spiro atoms. The fourth-order valence-corrected chi connectivity index (χ4v) is 5.30. The number of alkyl carbamates (subject to hydrolysis) is 1. The molecule has 1 saturated carbocycles. The van der Waals surface area contributed by atoms with E-state index in [-0.39, 0.29) is 24.1 Å². The maximum absolute atomic E-state index is 13.3. The van der Waals surface area contributed by atoms with Crippen LogP contribution < -0.4 is 15.4 Å². The zero-order chi connectivity index (χ0) is 27.3. The minimum atomic E-state index is -0.511. The first-order valence-corrected chi connectivity index (χ1v) is 13.8. The van der Waals surface area contributed by atoms with E-state index >= 15 is 0 Å². The minimum Gasteiger partial charge on any atom is -0.490 e. The highest BCUT2D eigenvalue weighted by Gasteiger charge is 2.27. The molecule has 2 aliphatic rings. The number of nitrogens with one attached hydrogen (secondary N) is 2. The van der Waals surface area contributed by atoms with Crippen molar-refractivity contribution in [3.63, 3.8) is 0 Å². The summed E-state index contributed by atoms with van der Waals surface area (Å²) in [6, 6.07) is 7.94. The van der Waals surface area contributed by atoms with Crippen LogP contribution in [0.25, 0.3) is 0 Å². The molecule has 1 aromatic carbocycles. The molecule has 0 radical (unpaired) electrons. The number of aromatic nitrogens is 1. The number of pyridine rings is 1. The quantitative estimate of drug-likeness (QED) is 0.494. The normalized spacial score (nSPS) is 21.0. The zero-order valence-electron chi connectivity index (χ0n) is 23.4. The Morgan fingerprint density at radius 1 is 1.08 bits per heavy atom. The Balaban J connectivity index is 1.45. The molecule has 38 heavy (non-hydrogen) atoms. The second-order valence-electron chi connectivity index (χ2n) is 11.4. The van der Waals surface area contributed by atoms with Gasteiger partial charge in [-0.15, -0.1) is 0 Å². The number of carbonyl (C=O) groups excluding carboxylic acids is 2. The van der Waals surface area contributed by atoms with Crippen molar-refractivity contribution in [2.45, 2.75) is 104 Å². The van der Waals surface area contributed by atoms with Crippen LogP contribution in [0.15, 0.2) is 36.4 Å². The number of rotatable bonds is 3. The van der Waals surface area contributed by atoms with Gasteiger partial charge in [0, 0.05) is 35.1 Å². The van der Waals surface area contributed by atoms with Gasteiger partial charge in [-0.2, -0.15) is 0 Å². The molecule has 2 heterocycles. The number of benzene rings is 1. The Labute approximate surface area is 226 Å². The predicted octanol–water partition coefficient (Wildman–Crippen LogP) is 5.89. The Morgan fingerprint density at radius 2 is 1.84 bits per heavy atom. The molecule has 7 nitrogen and oxygen atoms in total. The SMILES string of the molecule is Cc1cc2c(c(C)n1)CNC(=O)c1cccc(OC3CCC(NC(=O)OC(C)(C)C)CC3)c1C/C=C/CC2. The van der Waals surface area contributed by atoms with Gasteiger partial charge in [0.05, 0.1) is 6.10 Å². The molecule has 2 amide bonds. The lowest BCUT2D eigenvalue weighted by molar-refractivity contribution is 0.0470. The molecule has 2 N–H and O–H groups in total. The third kappa shape index (κ3) is 7.36. The summed E-state index contributed by atoms with van der Waals surface area (Å²) in [7, 11) is 0. The Kier molecular flexibility index (Phi) is 8.75. The Bertz CT molecular complexity index is 1190. The van der Waals surface area contributed by atoms with E-state index in [1.54, 1.807) is 0 Å². The van der Waals surface area contributed by atoms with E-state index in [9.17, 15) is 9.59 Å². The number of hydrogen-bond acceptors (Lipinski definition) is 5. The molecular weight excluding hydrogens is 478 g/mol. The predicted molar refractivity (Wildman–Crippen MR) is 149 cm³/mol. The standard InChI is InChI=1S/C31H41N3O4/c1-20-18-22-10-7-6-8-11-25-26(29(35)32-19-27(22)21(2)33-20)12-9-13-28(25)37-24-16-14-23(15-17-24)34-30(36)38-31(3,4)5/h6,8-9,12-13,18,23-24H,7,10-11,14-17,19H2,1-5H3,(H,32,35)(H,34,36)/b8-6+. The van der Waals surface area contributed by atoms with Gasteiger partial charge >= 0.3 is 6.09 Å². The van der Waals surface area contributed by atoms with Gasteiger partial charge in [-0.3, -0.25) is 9.78 Å². The smallest absolute Gasteiger partial charge is 0.407 e. The Morgan fingerprint density at radius 3 is 2.58 bits per heavy atom. The van der Waals surface area contributed by atoms with Gasteiger partial charge in [0.1, 0.15) is 11.4 Å². The lowest BCUT2D eigenvalue weighted by Crippen LogP contribution is -2.42. The van der Waals surface area contributed by atoms with E-state index in [1.807, 2.05) is 52.8 Å². The molecule has 204 valence electrons. The number of allylic oxidation sites excluding steroid dienone is 2. The van der Waals surface area contributed by atoms with Gasteiger partial charge in [-0.1, -0.05) is 18.2 Å². The number of hydrogen-bond donors (Lipinski definition) is 2. The van der Waals surface area contributed by atoms with Crippen LogP contribution in [0.3, 0.4) is 0 Å². The molecule has 1 aliphatic heterocycles. The highest BCUT2D eigenvalue weighted by Crippen LogP contribution is 2.30. The van der Waals surface area contributed by atoms with Gasteiger partial charge in [-0.05, 0) is 109 Å². The van der Waals surface area contributed by atoms with E-state index in [0.717, 1.165) is 66.8 Å². The van der Waals surface area contributed by atoms with Crippen LogP contribution in [0, 0.1) is 13.8 Å². The average Bonchev–Trinajstić information content (AvgIpc) is 2.83. The highest BCUT2D eigenvalue weighted by atomic mass is 16.6. The van der Waals surface area contributed by atoms with E-state index in [4.69, 9.17) is 9.47 Å². The second-order valence-corrected chi connectivity index (χ2v) is 11.4. The lowest BCUT2D eigenvalue weighted by atomic mass is 9.92. The third-order valence-electron chi connectivity index (χ3n) is 7.11. The molecular formula is C31H41N3O4. The topological polar surface area (TPSA) is 89.5 Å². The third-order valence-corrected chi connectivity index (χ3v) is 7.11. The maximum Gasteiger partial charge on any atom is 0.407 e. The maximum atomic E-state index is 13.3. The van der Waals surface area contributed by atoms with Crippen LogP contribution in [0.1, 0.15) is 91.3 Å². The molecule has 0 bridgehead atoms. The van der Waals surface area contributed by atoms with Gasteiger partial charge < -0.3 is 20.1 Å². The summed E-state index contributed by atoms with van der Waals surface area (Å²) in [6.07, 6.45) is 9.79. The van der Waals surface area contributed by atoms with Crippen LogP contribution in [-0.2, 0) is 24.1 Å². The van der Waals surface area contributed by atoms with Crippen LogP contribution >= 0.6 is 0 Å². The number of fused-ring (bicyclic) bond motifs is 2. The summed E-state index contributed by atoms with van der Waals surface area (Å²) < 4.78 is 11.9. The van der Waals surface area contributed by atoms with E-state index in [2.05, 4.69) is 33.8 Å². The Hall–Kier alpha value is -3.35. The van der Waals surface area contributed by atoms with Crippen LogP contribution in [0.4, 0.5) is 4.79 Å². The molecule has 1 fully saturated rings. The number of nitrogens with zero attached hydrogens (tertiary/aromatic N) is 1. The van der Waals surface area contributed by atoms with E-state index < -0.39 is 5.60 Å². The van der Waals surface area contributed by atoms with Crippen molar-refractivity contribution in [1.82, 2.24) is 15.6 Å². The van der Waals surface area contributed by atoms with Gasteiger partial charge in [0.2, 0.25) is 0 Å². The summed E-state index contributed by atoms with van der Waals surface area (Å²) >= 11 is 0. The van der Waals surface area contributed by atoms with Crippen molar-refractivity contribution in [2.24, 2.45) is 0 Å². The number of aryl methyl sites for hydroxylation is 3. The molecule has 4 rings (SSSR count). The van der Waals surface area contributed by atoms with E-state index in [0.29, 0.717) is 18.5 Å². The fourth-order valence-electron chi connectivity index (χ4n) is 5.30. The van der Waals surface area contributed by atoms with Crippen molar-refractivity contribution in [1.29, 1.82) is 0 Å². The lowest BCUT2D eigenvalue weighted by Gasteiger charge is -2.31. The van der Waals surface area contributed by atoms with Gasteiger partial charge in [0.25, 0.3) is 5.91 Å². The van der Waals surface area contributed by atoms with Crippen molar-refractivity contribution >= 4 is 12.0 Å². The molecule has 1 aliphatic carbocycles. The van der Waals surface area contributed by atoms with Gasteiger partial charge in [-0.25, -0.2) is 4.79 Å². The first-order valence-electron chi connectivity index (χ1n) is 13.8. The summed E-state index contributed by atoms with van der Waals surface area (Å²) in [6.45, 7) is 10.1. The highest BCUT2D eigenvalue weighted by molar-refractivity contribution is 5.96. The molecule has 1 aromatic heterocycles. The summed E-state index contributed by atoms with van der Waals surface area (Å²) in [5, 5.41) is 6.12. The molecule has 2 aromatic rings. The summed E-state index contributed by atoms with van der Waals surface area (Å²) in [5.74, 6) is 0.660. The number of carbonyl (C=O) groups is 2. The fraction of sp³-hybridized carbons (Fsp3) is 0.516. The molecule has 0 atom stereocenters. The van der Waals surface area contributed by atoms with Crippen molar-refractivity contribution < 1.29 is 19.1 Å². The minimum absolute atomic E-state index is 0.0375. The van der Waals surface area contributed by atoms with Crippen LogP contribution in [0.2, 0.25) is 0 Å². The largest absolute Gasteiger partial charge is 0.490 e. The van der Waals surface area contributed by atoms with Crippen LogP contribution in [-0.4, -0.2) is 34.7 Å². The average molecular weight is 520 g/mol. The monoisotopic (exact) mass is 519 g/mol. The van der Waals surface area contributed by atoms with E-state index in [1.165, 1.54) is 5.56 Å². The number of amides is 2. The zero-order valence-corrected chi connectivity index (χ0v) is 23.4. The van der Waals surface area contributed by atoms with Crippen LogP contribution in [0.5, 0.6) is 5.75 Å².